The number of nitrogens with one attached hydrogen (secondary N) is 1. The van der Waals surface area contributed by atoms with Crippen LogP contribution in [0.4, 0.5) is 5.69 Å². The molecular weight excluding hydrogens is 545 g/mol. The van der Waals surface area contributed by atoms with E-state index in [1.54, 1.807) is 50.2 Å². The summed E-state index contributed by atoms with van der Waals surface area (Å²) in [7, 11) is -3.84. The number of nitrogens with zero attached hydrogens (tertiary/aromatic N) is 2. The normalized spacial score (nSPS) is 13.1. The number of carbonyl (C=O) groups excluding carboxylic acids is 2. The van der Waals surface area contributed by atoms with Gasteiger partial charge in [0.25, 0.3) is 0 Å². The van der Waals surface area contributed by atoms with Crippen LogP contribution in [0, 0.1) is 6.92 Å². The predicted octanol–water partition coefficient (Wildman–Crippen LogP) is 5.44. The fourth-order valence-corrected chi connectivity index (χ4v) is 5.14. The molecule has 2 rings (SSSR count). The van der Waals surface area contributed by atoms with Gasteiger partial charge in [-0.1, -0.05) is 54.7 Å². The molecule has 1 N–H and O–H groups in total. The van der Waals surface area contributed by atoms with E-state index in [-0.39, 0.29) is 18.5 Å². The topological polar surface area (TPSA) is 86.8 Å². The zero-order chi connectivity index (χ0) is 27.2. The second kappa shape index (κ2) is 13.0. The Hall–Kier alpha value is -2.00. The number of halogens is 3. The number of carbonyl (C=O) groups is 2. The molecule has 0 saturated carbocycles. The molecule has 0 fully saturated rings. The summed E-state index contributed by atoms with van der Waals surface area (Å²) in [4.78, 5) is 28.3. The van der Waals surface area contributed by atoms with E-state index < -0.39 is 28.5 Å². The SMILES string of the molecule is CC[C@@H](C)NC(=O)[C@H](CC)N(Cc1ccc(Cl)c(Cl)c1)C(=O)CN(c1ccc(Cl)cc1C)S(C)(=O)=O. The van der Waals surface area contributed by atoms with Crippen molar-refractivity contribution in [1.82, 2.24) is 10.2 Å². The lowest BCUT2D eigenvalue weighted by molar-refractivity contribution is -0.140. The van der Waals surface area contributed by atoms with Gasteiger partial charge in [0.2, 0.25) is 21.8 Å². The Labute approximate surface area is 228 Å². The Kier molecular flexibility index (Phi) is 10.9. The first kappa shape index (κ1) is 30.2. The highest BCUT2D eigenvalue weighted by atomic mass is 35.5. The molecule has 0 saturated heterocycles. The van der Waals surface area contributed by atoms with Gasteiger partial charge in [0, 0.05) is 17.6 Å². The van der Waals surface area contributed by atoms with Gasteiger partial charge in [-0.3, -0.25) is 13.9 Å². The monoisotopic (exact) mass is 575 g/mol. The summed E-state index contributed by atoms with van der Waals surface area (Å²) in [5.74, 6) is -0.846. The highest BCUT2D eigenvalue weighted by Crippen LogP contribution is 2.27. The molecule has 198 valence electrons. The average Bonchev–Trinajstić information content (AvgIpc) is 2.79. The minimum Gasteiger partial charge on any atom is -0.352 e. The Morgan fingerprint density at radius 1 is 1.00 bits per heavy atom. The molecule has 0 aromatic heterocycles. The summed E-state index contributed by atoms with van der Waals surface area (Å²) in [5.41, 5.74) is 1.58. The Bertz CT molecular complexity index is 1210. The van der Waals surface area contributed by atoms with Crippen molar-refractivity contribution in [3.63, 3.8) is 0 Å². The lowest BCUT2D eigenvalue weighted by Crippen LogP contribution is -2.53. The molecule has 0 spiro atoms. The number of hydrogen-bond donors (Lipinski definition) is 1. The van der Waals surface area contributed by atoms with Gasteiger partial charge >= 0.3 is 0 Å². The van der Waals surface area contributed by atoms with Crippen LogP contribution in [-0.2, 0) is 26.2 Å². The number of amides is 2. The standard InChI is InChI=1S/C25H32Cl3N3O4S/c1-6-17(4)29-25(33)22(7-2)30(14-18-8-10-20(27)21(28)13-18)24(32)15-31(36(5,34)35)23-11-9-19(26)12-16(23)3/h8-13,17,22H,6-7,14-15H2,1-5H3,(H,29,33)/t17-,22+/m1/s1. The lowest BCUT2D eigenvalue weighted by Gasteiger charge is -2.33. The molecule has 11 heteroatoms. The summed E-state index contributed by atoms with van der Waals surface area (Å²) in [6.07, 6.45) is 2.08. The van der Waals surface area contributed by atoms with Crippen LogP contribution in [0.25, 0.3) is 0 Å². The van der Waals surface area contributed by atoms with Gasteiger partial charge < -0.3 is 10.2 Å². The van der Waals surface area contributed by atoms with Gasteiger partial charge in [0.15, 0.2) is 0 Å². The molecule has 7 nitrogen and oxygen atoms in total. The van der Waals surface area contributed by atoms with Gasteiger partial charge in [0.05, 0.1) is 22.0 Å². The molecule has 0 radical (unpaired) electrons. The van der Waals surface area contributed by atoms with E-state index >= 15 is 0 Å². The summed E-state index contributed by atoms with van der Waals surface area (Å²) in [5, 5.41) is 4.05. The van der Waals surface area contributed by atoms with Crippen LogP contribution in [0.2, 0.25) is 15.1 Å². The van der Waals surface area contributed by atoms with Crippen LogP contribution >= 0.6 is 34.8 Å². The van der Waals surface area contributed by atoms with E-state index in [1.807, 2.05) is 13.8 Å². The molecular formula is C25H32Cl3N3O4S. The number of rotatable bonds is 11. The zero-order valence-corrected chi connectivity index (χ0v) is 24.1. The van der Waals surface area contributed by atoms with Crippen molar-refractivity contribution in [2.75, 3.05) is 17.1 Å². The molecule has 2 aromatic rings. The van der Waals surface area contributed by atoms with Crippen LogP contribution in [0.5, 0.6) is 0 Å². The molecule has 0 bridgehead atoms. The maximum absolute atomic E-state index is 13.7. The highest BCUT2D eigenvalue weighted by Gasteiger charge is 2.32. The number of sulfonamides is 1. The van der Waals surface area contributed by atoms with Gasteiger partial charge in [-0.05, 0) is 68.1 Å². The van der Waals surface area contributed by atoms with Crippen LogP contribution in [0.3, 0.4) is 0 Å². The Morgan fingerprint density at radius 2 is 1.67 bits per heavy atom. The Morgan fingerprint density at radius 3 is 2.19 bits per heavy atom. The van der Waals surface area contributed by atoms with Crippen LogP contribution in [0.1, 0.15) is 44.7 Å². The zero-order valence-electron chi connectivity index (χ0n) is 21.0. The van der Waals surface area contributed by atoms with E-state index in [9.17, 15) is 18.0 Å². The minimum absolute atomic E-state index is 0.0410. The van der Waals surface area contributed by atoms with Crippen molar-refractivity contribution in [1.29, 1.82) is 0 Å². The van der Waals surface area contributed by atoms with Crippen molar-refractivity contribution in [2.24, 2.45) is 0 Å². The molecule has 2 atom stereocenters. The maximum Gasteiger partial charge on any atom is 0.244 e. The number of benzene rings is 2. The Balaban J connectivity index is 2.50. The molecule has 0 heterocycles. The van der Waals surface area contributed by atoms with E-state index in [1.165, 1.54) is 4.90 Å². The van der Waals surface area contributed by atoms with Gasteiger partial charge in [-0.15, -0.1) is 0 Å². The first-order valence-corrected chi connectivity index (χ1v) is 14.5. The third-order valence-electron chi connectivity index (χ3n) is 5.83. The van der Waals surface area contributed by atoms with Crippen molar-refractivity contribution in [3.8, 4) is 0 Å². The summed E-state index contributed by atoms with van der Waals surface area (Å²) >= 11 is 18.3. The average molecular weight is 577 g/mol. The number of hydrogen-bond acceptors (Lipinski definition) is 4. The van der Waals surface area contributed by atoms with Gasteiger partial charge in [-0.2, -0.15) is 0 Å². The fraction of sp³-hybridized carbons (Fsp3) is 0.440. The lowest BCUT2D eigenvalue weighted by atomic mass is 10.1. The smallest absolute Gasteiger partial charge is 0.244 e. The van der Waals surface area contributed by atoms with Crippen molar-refractivity contribution in [2.45, 2.75) is 59.2 Å². The highest BCUT2D eigenvalue weighted by molar-refractivity contribution is 7.92. The summed E-state index contributed by atoms with van der Waals surface area (Å²) in [6.45, 7) is 6.89. The molecule has 0 aliphatic rings. The first-order valence-electron chi connectivity index (χ1n) is 11.6. The molecule has 2 aromatic carbocycles. The molecule has 0 aliphatic heterocycles. The van der Waals surface area contributed by atoms with E-state index in [0.717, 1.165) is 17.0 Å². The quantitative estimate of drug-likeness (QED) is 0.386. The van der Waals surface area contributed by atoms with Crippen molar-refractivity contribution < 1.29 is 18.0 Å². The fourth-order valence-electron chi connectivity index (χ4n) is 3.69. The summed E-state index contributed by atoms with van der Waals surface area (Å²) in [6, 6.07) is 8.79. The largest absolute Gasteiger partial charge is 0.352 e. The van der Waals surface area contributed by atoms with E-state index in [2.05, 4.69) is 5.32 Å². The second-order valence-corrected chi connectivity index (χ2v) is 11.9. The minimum atomic E-state index is -3.84. The van der Waals surface area contributed by atoms with Crippen molar-refractivity contribution >= 4 is 62.3 Å². The summed E-state index contributed by atoms with van der Waals surface area (Å²) < 4.78 is 26.5. The third kappa shape index (κ3) is 8.00. The number of anilines is 1. The first-order chi connectivity index (χ1) is 16.8. The van der Waals surface area contributed by atoms with Crippen molar-refractivity contribution in [3.05, 3.63) is 62.6 Å². The number of aryl methyl sites for hydroxylation is 1. The molecule has 36 heavy (non-hydrogen) atoms. The third-order valence-corrected chi connectivity index (χ3v) is 7.93. The van der Waals surface area contributed by atoms with Crippen LogP contribution in [0.15, 0.2) is 36.4 Å². The molecule has 0 unspecified atom stereocenters. The molecule has 2 amide bonds. The van der Waals surface area contributed by atoms with E-state index in [4.69, 9.17) is 34.8 Å². The predicted molar refractivity (Wildman–Crippen MR) is 147 cm³/mol. The van der Waals surface area contributed by atoms with Gasteiger partial charge in [-0.25, -0.2) is 8.42 Å². The van der Waals surface area contributed by atoms with Crippen LogP contribution in [-0.4, -0.2) is 50.0 Å². The maximum atomic E-state index is 13.7. The van der Waals surface area contributed by atoms with E-state index in [0.29, 0.717) is 38.3 Å². The second-order valence-electron chi connectivity index (χ2n) is 8.71. The molecule has 0 aliphatic carbocycles. The van der Waals surface area contributed by atoms with Gasteiger partial charge in [0.1, 0.15) is 12.6 Å². The van der Waals surface area contributed by atoms with Crippen LogP contribution < -0.4 is 9.62 Å².